The van der Waals surface area contributed by atoms with E-state index in [9.17, 15) is 14.9 Å². The Hall–Kier alpha value is -2.64. The van der Waals surface area contributed by atoms with Crippen LogP contribution < -0.4 is 10.1 Å². The number of amides is 1. The molecule has 0 aromatic heterocycles. The van der Waals surface area contributed by atoms with E-state index in [0.29, 0.717) is 12.0 Å². The van der Waals surface area contributed by atoms with Crippen LogP contribution in [0.5, 0.6) is 5.75 Å². The third-order valence-corrected chi connectivity index (χ3v) is 1.83. The van der Waals surface area contributed by atoms with E-state index in [1.165, 1.54) is 25.3 Å². The first kappa shape index (κ1) is 12.4. The number of rotatable bonds is 4. The van der Waals surface area contributed by atoms with Crippen molar-refractivity contribution in [2.75, 3.05) is 12.4 Å². The van der Waals surface area contributed by atoms with Gasteiger partial charge in [-0.2, -0.15) is 0 Å². The first-order valence-electron chi connectivity index (χ1n) is 4.39. The molecule has 90 valence electrons. The molecule has 0 saturated heterocycles. The van der Waals surface area contributed by atoms with Gasteiger partial charge in [-0.1, -0.05) is 5.16 Å². The summed E-state index contributed by atoms with van der Waals surface area (Å²) in [5.41, 5.74) is -0.329. The maximum Gasteiger partial charge on any atom is 0.296 e. The third-order valence-electron chi connectivity index (χ3n) is 1.83. The van der Waals surface area contributed by atoms with Gasteiger partial charge >= 0.3 is 0 Å². The minimum absolute atomic E-state index is 0.0132. The molecule has 2 N–H and O–H groups in total. The number of nitro benzene ring substituents is 1. The number of methoxy groups -OCH3 is 1. The Bertz CT molecular complexity index is 472. The SMILES string of the molecule is COc1ccc(NC(=O)/C=N/O)c([N+](=O)[O-])c1. The number of nitrogens with zero attached hydrogens (tertiary/aromatic N) is 2. The van der Waals surface area contributed by atoms with Gasteiger partial charge < -0.3 is 15.3 Å². The summed E-state index contributed by atoms with van der Waals surface area (Å²) in [6, 6.07) is 3.95. The normalized spacial score (nSPS) is 10.2. The average molecular weight is 239 g/mol. The maximum absolute atomic E-state index is 11.1. The van der Waals surface area contributed by atoms with Gasteiger partial charge in [0.2, 0.25) is 0 Å². The van der Waals surface area contributed by atoms with Gasteiger partial charge in [-0.15, -0.1) is 0 Å². The highest BCUT2D eigenvalue weighted by atomic mass is 16.6. The zero-order chi connectivity index (χ0) is 12.8. The Balaban J connectivity index is 3.06. The van der Waals surface area contributed by atoms with E-state index in [-0.39, 0.29) is 11.4 Å². The number of oxime groups is 1. The van der Waals surface area contributed by atoms with Gasteiger partial charge in [0.1, 0.15) is 17.7 Å². The first-order chi connectivity index (χ1) is 8.08. The number of hydrogen-bond acceptors (Lipinski definition) is 6. The van der Waals surface area contributed by atoms with Crippen LogP contribution >= 0.6 is 0 Å². The zero-order valence-corrected chi connectivity index (χ0v) is 8.78. The highest BCUT2D eigenvalue weighted by Crippen LogP contribution is 2.28. The lowest BCUT2D eigenvalue weighted by molar-refractivity contribution is -0.384. The molecule has 0 heterocycles. The molecule has 8 nitrogen and oxygen atoms in total. The second kappa shape index (κ2) is 5.45. The number of ether oxygens (including phenoxy) is 1. The van der Waals surface area contributed by atoms with Crippen molar-refractivity contribution in [2.45, 2.75) is 0 Å². The van der Waals surface area contributed by atoms with Crippen LogP contribution in [-0.2, 0) is 4.79 Å². The molecule has 8 heteroatoms. The van der Waals surface area contributed by atoms with E-state index in [1.54, 1.807) is 0 Å². The largest absolute Gasteiger partial charge is 0.496 e. The van der Waals surface area contributed by atoms with Gasteiger partial charge in [0, 0.05) is 0 Å². The van der Waals surface area contributed by atoms with Crippen molar-refractivity contribution >= 4 is 23.5 Å². The molecule has 0 spiro atoms. The Morgan fingerprint density at radius 2 is 2.35 bits per heavy atom. The highest BCUT2D eigenvalue weighted by molar-refractivity contribution is 6.31. The van der Waals surface area contributed by atoms with E-state index in [2.05, 4.69) is 10.5 Å². The second-order valence-corrected chi connectivity index (χ2v) is 2.87. The molecule has 0 aliphatic rings. The van der Waals surface area contributed by atoms with E-state index in [1.807, 2.05) is 0 Å². The molecule has 0 aliphatic heterocycles. The molecule has 1 rings (SSSR count). The van der Waals surface area contributed by atoms with Crippen LogP contribution in [-0.4, -0.2) is 29.4 Å². The Labute approximate surface area is 95.6 Å². The van der Waals surface area contributed by atoms with Crippen molar-refractivity contribution in [3.63, 3.8) is 0 Å². The fourth-order valence-corrected chi connectivity index (χ4v) is 1.11. The Morgan fingerprint density at radius 3 is 2.88 bits per heavy atom. The lowest BCUT2D eigenvalue weighted by Gasteiger charge is -2.05. The van der Waals surface area contributed by atoms with Crippen molar-refractivity contribution in [3.05, 3.63) is 28.3 Å². The molecule has 1 aromatic rings. The summed E-state index contributed by atoms with van der Waals surface area (Å²) in [5, 5.41) is 23.6. The number of nitro groups is 1. The quantitative estimate of drug-likeness (QED) is 0.352. The predicted molar refractivity (Wildman–Crippen MR) is 58.6 cm³/mol. The smallest absolute Gasteiger partial charge is 0.296 e. The van der Waals surface area contributed by atoms with Crippen LogP contribution in [0.1, 0.15) is 0 Å². The number of benzene rings is 1. The van der Waals surface area contributed by atoms with Crippen molar-refractivity contribution in [1.29, 1.82) is 0 Å². The highest BCUT2D eigenvalue weighted by Gasteiger charge is 2.16. The van der Waals surface area contributed by atoms with Crippen molar-refractivity contribution < 1.29 is 19.7 Å². The summed E-state index contributed by atoms with van der Waals surface area (Å²) >= 11 is 0. The summed E-state index contributed by atoms with van der Waals surface area (Å²) in [4.78, 5) is 21.2. The fraction of sp³-hybridized carbons (Fsp3) is 0.111. The van der Waals surface area contributed by atoms with Gasteiger partial charge in [0.15, 0.2) is 0 Å². The fourth-order valence-electron chi connectivity index (χ4n) is 1.11. The Morgan fingerprint density at radius 1 is 1.65 bits per heavy atom. The molecule has 0 unspecified atom stereocenters. The van der Waals surface area contributed by atoms with Gasteiger partial charge in [0.05, 0.1) is 18.1 Å². The molecule has 1 aromatic carbocycles. The van der Waals surface area contributed by atoms with Crippen molar-refractivity contribution in [1.82, 2.24) is 0 Å². The standard InChI is InChI=1S/C9H9N3O5/c1-17-6-2-3-7(8(4-6)12(15)16)11-9(13)5-10-14/h2-5,14H,1H3,(H,11,13)/b10-5+. The number of nitrogens with one attached hydrogen (secondary N) is 1. The molecule has 1 amide bonds. The molecule has 0 atom stereocenters. The van der Waals surface area contributed by atoms with Gasteiger partial charge in [-0.25, -0.2) is 0 Å². The van der Waals surface area contributed by atoms with Gasteiger partial charge in [-0.05, 0) is 12.1 Å². The summed E-state index contributed by atoms with van der Waals surface area (Å²) in [6.07, 6.45) is 0.591. The van der Waals surface area contributed by atoms with Crippen molar-refractivity contribution in [2.24, 2.45) is 5.16 Å². The predicted octanol–water partition coefficient (Wildman–Crippen LogP) is 1.00. The van der Waals surface area contributed by atoms with Crippen LogP contribution in [0.3, 0.4) is 0 Å². The second-order valence-electron chi connectivity index (χ2n) is 2.87. The van der Waals surface area contributed by atoms with E-state index in [4.69, 9.17) is 9.94 Å². The Kier molecular flexibility index (Phi) is 3.98. The molecule has 0 saturated carbocycles. The monoisotopic (exact) mass is 239 g/mol. The van der Waals surface area contributed by atoms with E-state index >= 15 is 0 Å². The topological polar surface area (TPSA) is 114 Å². The number of hydrogen-bond donors (Lipinski definition) is 2. The van der Waals surface area contributed by atoms with Crippen LogP contribution in [0, 0.1) is 10.1 Å². The van der Waals surface area contributed by atoms with Crippen molar-refractivity contribution in [3.8, 4) is 5.75 Å². The summed E-state index contributed by atoms with van der Waals surface area (Å²) in [7, 11) is 1.37. The minimum atomic E-state index is -0.777. The minimum Gasteiger partial charge on any atom is -0.496 e. The molecular formula is C9H9N3O5. The zero-order valence-electron chi connectivity index (χ0n) is 8.78. The van der Waals surface area contributed by atoms with E-state index < -0.39 is 10.8 Å². The summed E-state index contributed by atoms with van der Waals surface area (Å²) in [5.74, 6) is -0.480. The lowest BCUT2D eigenvalue weighted by atomic mass is 10.2. The molecular weight excluding hydrogens is 230 g/mol. The van der Waals surface area contributed by atoms with Crippen LogP contribution in [0.15, 0.2) is 23.4 Å². The molecule has 0 bridgehead atoms. The molecule has 0 radical (unpaired) electrons. The van der Waals surface area contributed by atoms with Gasteiger partial charge in [-0.3, -0.25) is 14.9 Å². The van der Waals surface area contributed by atoms with Crippen LogP contribution in [0.2, 0.25) is 0 Å². The number of carbonyl (C=O) groups excluding carboxylic acids is 1. The van der Waals surface area contributed by atoms with E-state index in [0.717, 1.165) is 0 Å². The number of carbonyl (C=O) groups is 1. The maximum atomic E-state index is 11.1. The summed E-state index contributed by atoms with van der Waals surface area (Å²) in [6.45, 7) is 0. The molecule has 0 aliphatic carbocycles. The summed E-state index contributed by atoms with van der Waals surface area (Å²) < 4.78 is 4.83. The van der Waals surface area contributed by atoms with Crippen LogP contribution in [0.4, 0.5) is 11.4 Å². The van der Waals surface area contributed by atoms with Crippen LogP contribution in [0.25, 0.3) is 0 Å². The molecule has 17 heavy (non-hydrogen) atoms. The molecule has 0 fully saturated rings. The average Bonchev–Trinajstić information content (AvgIpc) is 2.29. The third kappa shape index (κ3) is 3.16. The number of anilines is 1. The van der Waals surface area contributed by atoms with Gasteiger partial charge in [0.25, 0.3) is 11.6 Å². The first-order valence-corrected chi connectivity index (χ1v) is 4.39. The lowest BCUT2D eigenvalue weighted by Crippen LogP contribution is -2.13.